The van der Waals surface area contributed by atoms with Crippen LogP contribution in [0.15, 0.2) is 76.6 Å². The Labute approximate surface area is 238 Å². The lowest BCUT2D eigenvalue weighted by molar-refractivity contribution is -0.145. The van der Waals surface area contributed by atoms with E-state index in [1.54, 1.807) is 18.2 Å². The highest BCUT2D eigenvalue weighted by Gasteiger charge is 2.44. The van der Waals surface area contributed by atoms with E-state index in [0.717, 1.165) is 40.4 Å². The number of esters is 1. The predicted molar refractivity (Wildman–Crippen MR) is 148 cm³/mol. The van der Waals surface area contributed by atoms with Crippen molar-refractivity contribution in [2.75, 3.05) is 26.0 Å². The first-order valence-electron chi connectivity index (χ1n) is 12.6. The number of rotatable bonds is 6. The Balaban J connectivity index is 1.97. The van der Waals surface area contributed by atoms with Gasteiger partial charge in [0.05, 0.1) is 12.7 Å². The Morgan fingerprint density at radius 3 is 2.48 bits per heavy atom. The van der Waals surface area contributed by atoms with Gasteiger partial charge in [-0.1, -0.05) is 54.6 Å². The first-order chi connectivity index (χ1) is 19.9. The molecule has 3 aromatic carbocycles. The summed E-state index contributed by atoms with van der Waals surface area (Å²) in [5.74, 6) is -0.950. The highest BCUT2D eigenvalue weighted by molar-refractivity contribution is 7.89. The molecule has 9 nitrogen and oxygen atoms in total. The van der Waals surface area contributed by atoms with Gasteiger partial charge in [0.25, 0.3) is 15.6 Å². The van der Waals surface area contributed by atoms with Crippen LogP contribution in [-0.4, -0.2) is 50.4 Å². The van der Waals surface area contributed by atoms with E-state index in [-0.39, 0.29) is 35.2 Å². The smallest absolute Gasteiger partial charge is 0.416 e. The minimum Gasteiger partial charge on any atom is -0.467 e. The minimum absolute atomic E-state index is 0.0310. The van der Waals surface area contributed by atoms with Crippen LogP contribution in [0.25, 0.3) is 21.9 Å². The molecule has 0 saturated heterocycles. The molecule has 1 atom stereocenters. The molecule has 0 saturated carbocycles. The largest absolute Gasteiger partial charge is 0.467 e. The molecule has 218 valence electrons. The number of methoxy groups -OCH3 is 1. The van der Waals surface area contributed by atoms with Gasteiger partial charge in [-0.05, 0) is 39.6 Å². The van der Waals surface area contributed by atoms with Crippen LogP contribution in [0.4, 0.5) is 18.9 Å². The number of aromatic nitrogens is 1. The molecule has 13 heteroatoms. The van der Waals surface area contributed by atoms with E-state index in [1.807, 2.05) is 24.3 Å². The second-order valence-electron chi connectivity index (χ2n) is 9.69. The van der Waals surface area contributed by atoms with Crippen LogP contribution >= 0.6 is 0 Å². The lowest BCUT2D eigenvalue weighted by Crippen LogP contribution is -2.49. The van der Waals surface area contributed by atoms with E-state index in [0.29, 0.717) is 10.1 Å². The Morgan fingerprint density at radius 1 is 1.10 bits per heavy atom. The number of sulfonamides is 1. The molecule has 5 rings (SSSR count). The van der Waals surface area contributed by atoms with Gasteiger partial charge in [-0.3, -0.25) is 14.2 Å². The zero-order chi connectivity index (χ0) is 30.4. The van der Waals surface area contributed by atoms with Gasteiger partial charge in [-0.25, -0.2) is 13.2 Å². The quantitative estimate of drug-likeness (QED) is 0.263. The molecule has 0 aliphatic carbocycles. The predicted octanol–water partition coefficient (Wildman–Crippen LogP) is 4.19. The van der Waals surface area contributed by atoms with Crippen molar-refractivity contribution >= 4 is 38.9 Å². The number of amides is 1. The normalized spacial score (nSPS) is 16.5. The molecule has 1 aliphatic rings. The van der Waals surface area contributed by atoms with Crippen molar-refractivity contribution in [1.29, 1.82) is 0 Å². The average Bonchev–Trinajstić information content (AvgIpc) is 2.96. The number of fused-ring (bicyclic) bond motifs is 2. The van der Waals surface area contributed by atoms with E-state index in [2.05, 4.69) is 5.32 Å². The van der Waals surface area contributed by atoms with Gasteiger partial charge < -0.3 is 10.1 Å². The molecule has 1 N–H and O–H groups in total. The Kier molecular flexibility index (Phi) is 7.41. The molecule has 4 aromatic rings. The topological polar surface area (TPSA) is 115 Å². The molecule has 0 spiro atoms. The zero-order valence-corrected chi connectivity index (χ0v) is 23.1. The summed E-state index contributed by atoms with van der Waals surface area (Å²) in [6, 6.07) is 15.1. The maximum absolute atomic E-state index is 14.0. The molecule has 2 heterocycles. The van der Waals surface area contributed by atoms with Gasteiger partial charge in [0.1, 0.15) is 11.7 Å². The summed E-state index contributed by atoms with van der Waals surface area (Å²) in [5.41, 5.74) is -2.30. The Bertz CT molecular complexity index is 1900. The number of benzene rings is 3. The summed E-state index contributed by atoms with van der Waals surface area (Å²) in [5, 5.41) is 3.23. The van der Waals surface area contributed by atoms with Crippen molar-refractivity contribution in [3.8, 4) is 11.1 Å². The number of halogens is 3. The average molecular weight is 600 g/mol. The summed E-state index contributed by atoms with van der Waals surface area (Å²) >= 11 is 0. The van der Waals surface area contributed by atoms with Crippen LogP contribution in [-0.2, 0) is 36.9 Å². The number of likely N-dealkylation sites (N-methyl/N-ethyl adjacent to an activating group) is 1. The highest BCUT2D eigenvalue weighted by Crippen LogP contribution is 2.42. The number of anilines is 1. The number of nitrogens with one attached hydrogen (secondary N) is 1. The molecule has 1 aromatic heterocycles. The highest BCUT2D eigenvalue weighted by atomic mass is 32.2. The SMILES string of the molecule is COC(=O)C1CN(C)S(=O)(=O)c2c(-c3cccc(C(F)(F)F)c3)c(Cc3cccc4ccccc34)c(NC=O)c(=O)n21. The molecule has 0 bridgehead atoms. The second kappa shape index (κ2) is 10.7. The fourth-order valence-corrected chi connectivity index (χ4v) is 6.90. The van der Waals surface area contributed by atoms with Gasteiger partial charge >= 0.3 is 12.1 Å². The molecule has 1 aliphatic heterocycles. The van der Waals surface area contributed by atoms with E-state index in [4.69, 9.17) is 4.74 Å². The number of hydrogen-bond donors (Lipinski definition) is 1. The fraction of sp³-hybridized carbons (Fsp3) is 0.207. The molecule has 1 unspecified atom stereocenters. The van der Waals surface area contributed by atoms with Crippen LogP contribution in [0.3, 0.4) is 0 Å². The molecule has 0 fully saturated rings. The van der Waals surface area contributed by atoms with E-state index < -0.39 is 50.9 Å². The summed E-state index contributed by atoms with van der Waals surface area (Å²) in [4.78, 5) is 38.6. The number of alkyl halides is 3. The molecular formula is C29H24F3N3O6S. The minimum atomic E-state index is -4.77. The third kappa shape index (κ3) is 4.84. The van der Waals surface area contributed by atoms with Gasteiger partial charge in [0.2, 0.25) is 6.41 Å². The summed E-state index contributed by atoms with van der Waals surface area (Å²) in [6.07, 6.45) is -4.71. The fourth-order valence-electron chi connectivity index (χ4n) is 5.31. The maximum Gasteiger partial charge on any atom is 0.416 e. The van der Waals surface area contributed by atoms with Crippen LogP contribution in [0, 0.1) is 0 Å². The van der Waals surface area contributed by atoms with Crippen LogP contribution in [0.2, 0.25) is 0 Å². The molecule has 0 radical (unpaired) electrons. The Morgan fingerprint density at radius 2 is 1.79 bits per heavy atom. The lowest BCUT2D eigenvalue weighted by atomic mass is 9.91. The summed E-state index contributed by atoms with van der Waals surface area (Å²) in [7, 11) is -2.29. The molecular weight excluding hydrogens is 575 g/mol. The maximum atomic E-state index is 14.0. The Hall–Kier alpha value is -4.49. The number of pyridine rings is 1. The van der Waals surface area contributed by atoms with E-state index >= 15 is 0 Å². The zero-order valence-electron chi connectivity index (χ0n) is 22.3. The van der Waals surface area contributed by atoms with Gasteiger partial charge in [0.15, 0.2) is 5.03 Å². The first kappa shape index (κ1) is 29.0. The van der Waals surface area contributed by atoms with Crippen molar-refractivity contribution in [3.05, 3.63) is 93.8 Å². The number of nitrogens with zero attached hydrogens (tertiary/aromatic N) is 2. The third-order valence-electron chi connectivity index (χ3n) is 7.27. The van der Waals surface area contributed by atoms with Crippen molar-refractivity contribution < 1.29 is 35.9 Å². The monoisotopic (exact) mass is 599 g/mol. The van der Waals surface area contributed by atoms with Crippen LogP contribution < -0.4 is 10.9 Å². The summed E-state index contributed by atoms with van der Waals surface area (Å²) < 4.78 is 75.6. The number of carbonyl (C=O) groups is 2. The van der Waals surface area contributed by atoms with Gasteiger partial charge in [-0.2, -0.15) is 17.5 Å². The van der Waals surface area contributed by atoms with Crippen LogP contribution in [0.5, 0.6) is 0 Å². The van der Waals surface area contributed by atoms with Gasteiger partial charge in [0, 0.05) is 25.6 Å². The van der Waals surface area contributed by atoms with Crippen molar-refractivity contribution in [1.82, 2.24) is 8.87 Å². The molecule has 1 amide bonds. The molecule has 42 heavy (non-hydrogen) atoms. The van der Waals surface area contributed by atoms with Crippen molar-refractivity contribution in [2.45, 2.75) is 23.7 Å². The summed E-state index contributed by atoms with van der Waals surface area (Å²) in [6.45, 7) is -0.479. The van der Waals surface area contributed by atoms with Crippen LogP contribution in [0.1, 0.15) is 22.7 Å². The second-order valence-corrected chi connectivity index (χ2v) is 11.6. The number of ether oxygens (including phenoxy) is 1. The number of carbonyl (C=O) groups excluding carboxylic acids is 2. The van der Waals surface area contributed by atoms with E-state index in [1.165, 1.54) is 13.1 Å². The first-order valence-corrected chi connectivity index (χ1v) is 14.0. The third-order valence-corrected chi connectivity index (χ3v) is 9.13. The van der Waals surface area contributed by atoms with Crippen molar-refractivity contribution in [3.63, 3.8) is 0 Å². The van der Waals surface area contributed by atoms with Crippen molar-refractivity contribution in [2.24, 2.45) is 0 Å². The lowest BCUT2D eigenvalue weighted by Gasteiger charge is -2.34. The standard InChI is InChI=1S/C29H24F3N3O6S/c1-34-15-23(28(38)41-2)35-26(37)25(33-16-36)22(14-18-9-5-8-17-7-3-4-12-21(17)18)24(27(35)42(34,39)40)19-10-6-11-20(13-19)29(30,31)32/h3-13,16,23H,14-15H2,1-2H3,(H,33,36). The van der Waals surface area contributed by atoms with E-state index in [9.17, 15) is 36.0 Å². The van der Waals surface area contributed by atoms with Gasteiger partial charge in [-0.15, -0.1) is 0 Å². The number of hydrogen-bond acceptors (Lipinski definition) is 6.